The van der Waals surface area contributed by atoms with Crippen molar-refractivity contribution in [1.82, 2.24) is 14.8 Å². The lowest BCUT2D eigenvalue weighted by atomic mass is 10.2. The lowest BCUT2D eigenvalue weighted by Crippen LogP contribution is -2.13. The Morgan fingerprint density at radius 1 is 1.15 bits per heavy atom. The number of nitrogens with zero attached hydrogens (tertiary/aromatic N) is 3. The topological polar surface area (TPSA) is 73.0 Å². The fourth-order valence-corrected chi connectivity index (χ4v) is 2.87. The number of anilines is 1. The van der Waals surface area contributed by atoms with E-state index in [1.807, 2.05) is 48.5 Å². The Labute approximate surface area is 163 Å². The maximum atomic E-state index is 12.2. The number of hydrogen-bond acceptors (Lipinski definition) is 4. The molecule has 1 N–H and O–H groups in total. The van der Waals surface area contributed by atoms with Crippen molar-refractivity contribution in [1.29, 1.82) is 0 Å². The molecule has 0 aliphatic heterocycles. The Morgan fingerprint density at radius 2 is 1.96 bits per heavy atom. The van der Waals surface area contributed by atoms with E-state index < -0.39 is 0 Å². The lowest BCUT2D eigenvalue weighted by Gasteiger charge is -2.08. The van der Waals surface area contributed by atoms with Gasteiger partial charge in [-0.3, -0.25) is 4.79 Å². The van der Waals surface area contributed by atoms with Gasteiger partial charge in [0, 0.05) is 22.7 Å². The molecule has 134 valence electrons. The summed E-state index contributed by atoms with van der Waals surface area (Å²) >= 11 is 3.42. The first-order chi connectivity index (χ1) is 13.2. The van der Waals surface area contributed by atoms with Crippen molar-refractivity contribution < 1.29 is 9.21 Å². The van der Waals surface area contributed by atoms with Crippen molar-refractivity contribution in [2.75, 3.05) is 5.32 Å². The summed E-state index contributed by atoms with van der Waals surface area (Å²) in [6, 6.07) is 17.2. The molecular formula is C20H15BrN4O2. The van der Waals surface area contributed by atoms with Crippen LogP contribution in [0, 0.1) is 0 Å². The average Bonchev–Trinajstić information content (AvgIpc) is 3.28. The summed E-state index contributed by atoms with van der Waals surface area (Å²) in [4.78, 5) is 16.5. The molecule has 0 fully saturated rings. The highest BCUT2D eigenvalue weighted by atomic mass is 79.9. The van der Waals surface area contributed by atoms with Crippen LogP contribution >= 0.6 is 15.9 Å². The van der Waals surface area contributed by atoms with E-state index in [0.29, 0.717) is 23.8 Å². The molecule has 27 heavy (non-hydrogen) atoms. The first-order valence-electron chi connectivity index (χ1n) is 8.28. The number of fused-ring (bicyclic) bond motifs is 1. The highest BCUT2D eigenvalue weighted by Crippen LogP contribution is 2.16. The molecule has 0 spiro atoms. The highest BCUT2D eigenvalue weighted by Gasteiger charge is 2.07. The third-order valence-corrected chi connectivity index (χ3v) is 4.43. The van der Waals surface area contributed by atoms with Crippen LogP contribution in [0.3, 0.4) is 0 Å². The zero-order valence-electron chi connectivity index (χ0n) is 14.2. The summed E-state index contributed by atoms with van der Waals surface area (Å²) in [5.41, 5.74) is 2.52. The van der Waals surface area contributed by atoms with Gasteiger partial charge >= 0.3 is 0 Å². The Bertz CT molecular complexity index is 1080. The molecule has 0 aliphatic rings. The predicted octanol–water partition coefficient (Wildman–Crippen LogP) is 4.49. The molecular weight excluding hydrogens is 408 g/mol. The number of benzene rings is 2. The van der Waals surface area contributed by atoms with Gasteiger partial charge in [-0.15, -0.1) is 0 Å². The van der Waals surface area contributed by atoms with Crippen LogP contribution in [0.1, 0.15) is 11.5 Å². The number of halogens is 1. The monoisotopic (exact) mass is 422 g/mol. The van der Waals surface area contributed by atoms with Crippen LogP contribution in [0.2, 0.25) is 0 Å². The molecule has 2 heterocycles. The SMILES string of the molecule is O=C(/C=C/c1nc2ccccc2o1)Nc1ccnn1Cc1ccc(Br)cc1. The van der Waals surface area contributed by atoms with Gasteiger partial charge in [0.2, 0.25) is 11.8 Å². The quantitative estimate of drug-likeness (QED) is 0.481. The molecule has 0 saturated carbocycles. The van der Waals surface area contributed by atoms with E-state index in [1.165, 1.54) is 6.08 Å². The third kappa shape index (κ3) is 4.15. The van der Waals surface area contributed by atoms with Gasteiger partial charge in [-0.2, -0.15) is 5.10 Å². The van der Waals surface area contributed by atoms with Crippen LogP contribution in [-0.2, 0) is 11.3 Å². The van der Waals surface area contributed by atoms with Gasteiger partial charge in [0.15, 0.2) is 5.58 Å². The Hall–Kier alpha value is -3.19. The molecule has 0 unspecified atom stereocenters. The van der Waals surface area contributed by atoms with Gasteiger partial charge in [-0.25, -0.2) is 9.67 Å². The molecule has 6 nitrogen and oxygen atoms in total. The Balaban J connectivity index is 1.43. The largest absolute Gasteiger partial charge is 0.437 e. The van der Waals surface area contributed by atoms with E-state index in [9.17, 15) is 4.79 Å². The normalized spacial score (nSPS) is 11.3. The van der Waals surface area contributed by atoms with Crippen LogP contribution in [0.4, 0.5) is 5.82 Å². The summed E-state index contributed by atoms with van der Waals surface area (Å²) in [6.07, 6.45) is 4.59. The smallest absolute Gasteiger partial charge is 0.249 e. The van der Waals surface area contributed by atoms with Crippen molar-refractivity contribution >= 4 is 44.8 Å². The summed E-state index contributed by atoms with van der Waals surface area (Å²) in [5.74, 6) is 0.717. The fourth-order valence-electron chi connectivity index (χ4n) is 2.60. The summed E-state index contributed by atoms with van der Waals surface area (Å²) in [6.45, 7) is 0.560. The zero-order valence-corrected chi connectivity index (χ0v) is 15.8. The number of carbonyl (C=O) groups is 1. The van der Waals surface area contributed by atoms with Gasteiger partial charge in [0.25, 0.3) is 0 Å². The second-order valence-corrected chi connectivity index (χ2v) is 6.76. The molecule has 0 saturated heterocycles. The van der Waals surface area contributed by atoms with Crippen LogP contribution in [-0.4, -0.2) is 20.7 Å². The minimum atomic E-state index is -0.283. The standard InChI is InChI=1S/C20H15BrN4O2/c21-15-7-5-14(6-8-15)13-25-18(11-12-22-25)24-19(26)9-10-20-23-16-3-1-2-4-17(16)27-20/h1-12H,13H2,(H,24,26)/b10-9+. The Morgan fingerprint density at radius 3 is 2.78 bits per heavy atom. The fraction of sp³-hybridized carbons (Fsp3) is 0.0500. The maximum Gasteiger partial charge on any atom is 0.249 e. The second kappa shape index (κ2) is 7.59. The van der Waals surface area contributed by atoms with E-state index in [2.05, 4.69) is 31.3 Å². The van der Waals surface area contributed by atoms with Crippen molar-refractivity contribution in [3.05, 3.63) is 82.8 Å². The van der Waals surface area contributed by atoms with Crippen molar-refractivity contribution in [2.24, 2.45) is 0 Å². The number of amides is 1. The maximum absolute atomic E-state index is 12.2. The molecule has 4 rings (SSSR count). The van der Waals surface area contributed by atoms with Crippen LogP contribution in [0.15, 0.2) is 75.8 Å². The third-order valence-electron chi connectivity index (χ3n) is 3.90. The van der Waals surface area contributed by atoms with Gasteiger partial charge in [-0.1, -0.05) is 40.2 Å². The summed E-state index contributed by atoms with van der Waals surface area (Å²) in [5, 5.41) is 7.09. The van der Waals surface area contributed by atoms with E-state index in [1.54, 1.807) is 23.0 Å². The van der Waals surface area contributed by atoms with E-state index in [4.69, 9.17) is 4.42 Å². The van der Waals surface area contributed by atoms with Crippen molar-refractivity contribution in [3.63, 3.8) is 0 Å². The van der Waals surface area contributed by atoms with Gasteiger partial charge < -0.3 is 9.73 Å². The zero-order chi connectivity index (χ0) is 18.6. The molecule has 0 atom stereocenters. The van der Waals surface area contributed by atoms with E-state index >= 15 is 0 Å². The number of oxazole rings is 1. The van der Waals surface area contributed by atoms with Gasteiger partial charge in [0.05, 0.1) is 12.7 Å². The summed E-state index contributed by atoms with van der Waals surface area (Å²) < 4.78 is 8.32. The van der Waals surface area contributed by atoms with Crippen molar-refractivity contribution in [3.8, 4) is 0 Å². The van der Waals surface area contributed by atoms with E-state index in [-0.39, 0.29) is 5.91 Å². The molecule has 0 bridgehead atoms. The summed E-state index contributed by atoms with van der Waals surface area (Å²) in [7, 11) is 0. The predicted molar refractivity (Wildman–Crippen MR) is 107 cm³/mol. The number of rotatable bonds is 5. The second-order valence-electron chi connectivity index (χ2n) is 5.84. The first-order valence-corrected chi connectivity index (χ1v) is 9.07. The minimum absolute atomic E-state index is 0.283. The minimum Gasteiger partial charge on any atom is -0.437 e. The first kappa shape index (κ1) is 17.2. The number of para-hydroxylation sites is 2. The molecule has 0 radical (unpaired) electrons. The molecule has 7 heteroatoms. The number of carbonyl (C=O) groups excluding carboxylic acids is 1. The van der Waals surface area contributed by atoms with Crippen LogP contribution in [0.25, 0.3) is 17.2 Å². The number of hydrogen-bond donors (Lipinski definition) is 1. The van der Waals surface area contributed by atoms with Gasteiger partial charge in [0.1, 0.15) is 11.3 Å². The number of aromatic nitrogens is 3. The molecule has 1 amide bonds. The molecule has 2 aromatic heterocycles. The van der Waals surface area contributed by atoms with Crippen LogP contribution in [0.5, 0.6) is 0 Å². The van der Waals surface area contributed by atoms with Crippen LogP contribution < -0.4 is 5.32 Å². The molecule has 0 aliphatic carbocycles. The highest BCUT2D eigenvalue weighted by molar-refractivity contribution is 9.10. The molecule has 4 aromatic rings. The van der Waals surface area contributed by atoms with Crippen molar-refractivity contribution in [2.45, 2.75) is 6.54 Å². The molecule has 2 aromatic carbocycles. The number of nitrogens with one attached hydrogen (secondary N) is 1. The lowest BCUT2D eigenvalue weighted by molar-refractivity contribution is -0.111. The van der Waals surface area contributed by atoms with Gasteiger partial charge in [-0.05, 0) is 29.8 Å². The average molecular weight is 423 g/mol. The Kier molecular flexibility index (Phi) is 4.84. The van der Waals surface area contributed by atoms with E-state index in [0.717, 1.165) is 15.6 Å².